The van der Waals surface area contributed by atoms with Crippen molar-refractivity contribution < 1.29 is 0 Å². The Bertz CT molecular complexity index is 411. The number of likely N-dealkylation sites (tertiary alicyclic amines) is 3. The van der Waals surface area contributed by atoms with Crippen molar-refractivity contribution >= 4 is 29.9 Å². The number of nitrogens with one attached hydrogen (secondary N) is 1. The van der Waals surface area contributed by atoms with Gasteiger partial charge in [0.25, 0.3) is 0 Å². The van der Waals surface area contributed by atoms with E-state index < -0.39 is 0 Å². The van der Waals surface area contributed by atoms with E-state index in [0.29, 0.717) is 0 Å². The van der Waals surface area contributed by atoms with Gasteiger partial charge in [-0.15, -0.1) is 24.0 Å². The molecule has 0 aliphatic carbocycles. The summed E-state index contributed by atoms with van der Waals surface area (Å²) in [6.07, 6.45) is 8.24. The van der Waals surface area contributed by atoms with E-state index in [-0.39, 0.29) is 24.0 Å². The molecule has 25 heavy (non-hydrogen) atoms. The number of nitrogens with zero attached hydrogens (tertiary/aromatic N) is 4. The summed E-state index contributed by atoms with van der Waals surface area (Å²) >= 11 is 0. The van der Waals surface area contributed by atoms with Crippen molar-refractivity contribution in [3.8, 4) is 0 Å². The Labute approximate surface area is 171 Å². The van der Waals surface area contributed by atoms with Crippen LogP contribution in [-0.4, -0.2) is 87.1 Å². The number of guanidine groups is 1. The maximum atomic E-state index is 4.56. The Morgan fingerprint density at radius 2 is 1.76 bits per heavy atom. The minimum Gasteiger partial charge on any atom is -0.356 e. The minimum atomic E-state index is 0. The first-order valence-electron chi connectivity index (χ1n) is 10.1. The zero-order valence-electron chi connectivity index (χ0n) is 16.3. The molecule has 1 N–H and O–H groups in total. The predicted molar refractivity (Wildman–Crippen MR) is 117 cm³/mol. The van der Waals surface area contributed by atoms with Crippen molar-refractivity contribution in [3.05, 3.63) is 0 Å². The molecular formula is C19H38IN5. The maximum absolute atomic E-state index is 4.56. The second kappa shape index (κ2) is 10.9. The van der Waals surface area contributed by atoms with Gasteiger partial charge in [0.2, 0.25) is 0 Å². The fourth-order valence-corrected chi connectivity index (χ4v) is 4.69. The highest BCUT2D eigenvalue weighted by Crippen LogP contribution is 2.20. The number of hydrogen-bond donors (Lipinski definition) is 1. The smallest absolute Gasteiger partial charge is 0.193 e. The van der Waals surface area contributed by atoms with Gasteiger partial charge in [0.1, 0.15) is 0 Å². The molecule has 0 aromatic heterocycles. The zero-order chi connectivity index (χ0) is 16.8. The Morgan fingerprint density at radius 3 is 2.48 bits per heavy atom. The number of hydrogen-bond acceptors (Lipinski definition) is 3. The predicted octanol–water partition coefficient (Wildman–Crippen LogP) is 2.33. The monoisotopic (exact) mass is 463 g/mol. The fraction of sp³-hybridized carbons (Fsp3) is 0.947. The Kier molecular flexibility index (Phi) is 9.27. The molecule has 0 aromatic rings. The van der Waals surface area contributed by atoms with Gasteiger partial charge in [-0.25, -0.2) is 0 Å². The van der Waals surface area contributed by atoms with Gasteiger partial charge in [0.05, 0.1) is 0 Å². The van der Waals surface area contributed by atoms with Gasteiger partial charge in [-0.1, -0.05) is 6.42 Å². The Morgan fingerprint density at radius 1 is 0.960 bits per heavy atom. The molecule has 0 radical (unpaired) electrons. The van der Waals surface area contributed by atoms with Crippen LogP contribution in [0.2, 0.25) is 0 Å². The second-order valence-electron chi connectivity index (χ2n) is 8.16. The van der Waals surface area contributed by atoms with Crippen LogP contribution in [0.5, 0.6) is 0 Å². The van der Waals surface area contributed by atoms with E-state index in [9.17, 15) is 0 Å². The summed E-state index contributed by atoms with van der Waals surface area (Å²) in [5.41, 5.74) is 0. The summed E-state index contributed by atoms with van der Waals surface area (Å²) in [5, 5.41) is 3.66. The summed E-state index contributed by atoms with van der Waals surface area (Å²) in [6.45, 7) is 9.84. The molecule has 0 aromatic carbocycles. The highest BCUT2D eigenvalue weighted by molar-refractivity contribution is 14.0. The first-order chi connectivity index (χ1) is 11.7. The van der Waals surface area contributed by atoms with Gasteiger partial charge in [-0.3, -0.25) is 4.99 Å². The van der Waals surface area contributed by atoms with Crippen LogP contribution in [0.4, 0.5) is 0 Å². The number of rotatable bonds is 4. The van der Waals surface area contributed by atoms with E-state index in [0.717, 1.165) is 24.3 Å². The molecule has 0 bridgehead atoms. The molecule has 3 rings (SSSR count). The van der Waals surface area contributed by atoms with E-state index >= 15 is 0 Å². The molecule has 146 valence electrons. The van der Waals surface area contributed by atoms with Crippen molar-refractivity contribution in [1.82, 2.24) is 20.0 Å². The third kappa shape index (κ3) is 6.54. The normalized spacial score (nSPS) is 29.5. The number of piperidine rings is 2. The molecular weight excluding hydrogens is 425 g/mol. The fourth-order valence-electron chi connectivity index (χ4n) is 4.69. The lowest BCUT2D eigenvalue weighted by atomic mass is 9.98. The summed E-state index contributed by atoms with van der Waals surface area (Å²) in [7, 11) is 4.18. The van der Waals surface area contributed by atoms with Crippen molar-refractivity contribution in [2.24, 2.45) is 16.8 Å². The van der Waals surface area contributed by atoms with E-state index in [1.807, 2.05) is 7.05 Å². The molecule has 0 spiro atoms. The molecule has 3 heterocycles. The minimum absolute atomic E-state index is 0. The van der Waals surface area contributed by atoms with E-state index in [2.05, 4.69) is 32.1 Å². The van der Waals surface area contributed by atoms with Crippen LogP contribution in [-0.2, 0) is 0 Å². The quantitative estimate of drug-likeness (QED) is 0.394. The van der Waals surface area contributed by atoms with Crippen LogP contribution >= 0.6 is 24.0 Å². The molecule has 5 nitrogen and oxygen atoms in total. The van der Waals surface area contributed by atoms with Gasteiger partial charge in [-0.05, 0) is 70.6 Å². The topological polar surface area (TPSA) is 34.1 Å². The third-order valence-electron chi connectivity index (χ3n) is 6.03. The van der Waals surface area contributed by atoms with Crippen molar-refractivity contribution in [1.29, 1.82) is 0 Å². The number of halogens is 1. The van der Waals surface area contributed by atoms with E-state index in [1.165, 1.54) is 84.3 Å². The third-order valence-corrected chi connectivity index (χ3v) is 6.03. The van der Waals surface area contributed by atoms with Crippen LogP contribution in [0.25, 0.3) is 0 Å². The zero-order valence-corrected chi connectivity index (χ0v) is 18.6. The Hall–Kier alpha value is -0.0800. The van der Waals surface area contributed by atoms with E-state index in [1.54, 1.807) is 0 Å². The molecule has 3 aliphatic rings. The summed E-state index contributed by atoms with van der Waals surface area (Å²) in [4.78, 5) is 12.2. The molecule has 2 atom stereocenters. The lowest BCUT2D eigenvalue weighted by Gasteiger charge is -2.31. The largest absolute Gasteiger partial charge is 0.356 e. The van der Waals surface area contributed by atoms with Crippen LogP contribution in [0.1, 0.15) is 38.5 Å². The van der Waals surface area contributed by atoms with Crippen molar-refractivity contribution in [2.75, 3.05) is 66.5 Å². The van der Waals surface area contributed by atoms with Crippen molar-refractivity contribution in [2.45, 2.75) is 38.5 Å². The molecule has 3 aliphatic heterocycles. The molecule has 0 saturated carbocycles. The molecule has 3 saturated heterocycles. The first kappa shape index (κ1) is 21.2. The maximum Gasteiger partial charge on any atom is 0.193 e. The van der Waals surface area contributed by atoms with E-state index in [4.69, 9.17) is 0 Å². The molecule has 0 amide bonds. The van der Waals surface area contributed by atoms with Gasteiger partial charge in [0.15, 0.2) is 5.96 Å². The summed E-state index contributed by atoms with van der Waals surface area (Å²) < 4.78 is 0. The van der Waals surface area contributed by atoms with Crippen molar-refractivity contribution in [3.63, 3.8) is 0 Å². The van der Waals surface area contributed by atoms with Gasteiger partial charge in [0, 0.05) is 39.8 Å². The van der Waals surface area contributed by atoms with Gasteiger partial charge < -0.3 is 20.0 Å². The summed E-state index contributed by atoms with van der Waals surface area (Å²) in [5.74, 6) is 2.72. The average Bonchev–Trinajstić information content (AvgIpc) is 3.05. The van der Waals surface area contributed by atoms with Crippen LogP contribution in [0.3, 0.4) is 0 Å². The summed E-state index contributed by atoms with van der Waals surface area (Å²) in [6, 6.07) is 0. The standard InChI is InChI=1S/C19H37N5.HI/c1-20-19(21-13-17-7-6-9-22(2)14-17)24-12-8-18(16-24)15-23-10-4-3-5-11-23;/h17-18H,3-16H2,1-2H3,(H,20,21);1H. The average molecular weight is 463 g/mol. The molecule has 3 fully saturated rings. The second-order valence-corrected chi connectivity index (χ2v) is 8.16. The highest BCUT2D eigenvalue weighted by Gasteiger charge is 2.27. The molecule has 6 heteroatoms. The SMILES string of the molecule is CN=C(NCC1CCCN(C)C1)N1CCC(CN2CCCCC2)C1.I. The Balaban J connectivity index is 0.00000225. The van der Waals surface area contributed by atoms with Crippen LogP contribution < -0.4 is 5.32 Å². The van der Waals surface area contributed by atoms with Gasteiger partial charge >= 0.3 is 0 Å². The van der Waals surface area contributed by atoms with Crippen LogP contribution in [0.15, 0.2) is 4.99 Å². The van der Waals surface area contributed by atoms with Crippen LogP contribution in [0, 0.1) is 11.8 Å². The first-order valence-corrected chi connectivity index (χ1v) is 10.1. The highest BCUT2D eigenvalue weighted by atomic mass is 127. The lowest BCUT2D eigenvalue weighted by Crippen LogP contribution is -2.45. The number of aliphatic imine (C=N–C) groups is 1. The molecule has 2 unspecified atom stereocenters. The van der Waals surface area contributed by atoms with Gasteiger partial charge in [-0.2, -0.15) is 0 Å². The lowest BCUT2D eigenvalue weighted by molar-refractivity contribution is 0.197.